The summed E-state index contributed by atoms with van der Waals surface area (Å²) in [6.07, 6.45) is -3.98. The maximum atomic E-state index is 14.1. The fraction of sp³-hybridized carbons (Fsp3) is 0.333. The number of anilines is 1. The van der Waals surface area contributed by atoms with E-state index in [0.29, 0.717) is 34.7 Å². The highest BCUT2D eigenvalue weighted by molar-refractivity contribution is 7.92. The number of amides is 2. The van der Waals surface area contributed by atoms with Crippen molar-refractivity contribution in [3.63, 3.8) is 0 Å². The quantitative estimate of drug-likeness (QED) is 0.251. The van der Waals surface area contributed by atoms with Crippen LogP contribution in [0.3, 0.4) is 0 Å². The molecule has 232 valence electrons. The second-order valence-corrected chi connectivity index (χ2v) is 11.8. The first-order valence-electron chi connectivity index (χ1n) is 13.5. The first-order chi connectivity index (χ1) is 20.3. The van der Waals surface area contributed by atoms with Crippen molar-refractivity contribution in [1.82, 2.24) is 10.2 Å². The third kappa shape index (κ3) is 8.41. The van der Waals surface area contributed by atoms with Crippen molar-refractivity contribution in [3.05, 3.63) is 88.9 Å². The number of carbonyl (C=O) groups is 2. The van der Waals surface area contributed by atoms with Crippen LogP contribution in [0.4, 0.5) is 18.9 Å². The monoisotopic (exact) mass is 639 g/mol. The van der Waals surface area contributed by atoms with Crippen molar-refractivity contribution in [2.75, 3.05) is 24.5 Å². The van der Waals surface area contributed by atoms with Crippen LogP contribution in [0.15, 0.2) is 77.7 Å². The van der Waals surface area contributed by atoms with Gasteiger partial charge in [-0.3, -0.25) is 13.9 Å². The molecule has 3 aromatic rings. The van der Waals surface area contributed by atoms with Gasteiger partial charge in [0.2, 0.25) is 11.8 Å². The summed E-state index contributed by atoms with van der Waals surface area (Å²) in [5, 5.41) is 2.46. The van der Waals surface area contributed by atoms with Gasteiger partial charge in [0, 0.05) is 13.1 Å². The standard InChI is InChI=1S/C30H33ClF3N3O5S/c1-4-17-35-29(39)26(5-2)36(19-21-11-14-23(42-3)15-12-21)28(38)20-37(43(40,41)24-9-7-6-8-10-24)27-18-22(30(32,33)34)13-16-25(27)31/h6-16,18,26H,4-5,17,19-20H2,1-3H3,(H,35,39)/t26-/m1/s1. The second kappa shape index (κ2) is 14.6. The van der Waals surface area contributed by atoms with Crippen LogP contribution in [0.2, 0.25) is 5.02 Å². The molecule has 0 bridgehead atoms. The van der Waals surface area contributed by atoms with Crippen molar-refractivity contribution in [1.29, 1.82) is 0 Å². The summed E-state index contributed by atoms with van der Waals surface area (Å²) >= 11 is 6.28. The summed E-state index contributed by atoms with van der Waals surface area (Å²) in [7, 11) is -3.10. The number of hydrogen-bond acceptors (Lipinski definition) is 5. The maximum Gasteiger partial charge on any atom is 0.416 e. The van der Waals surface area contributed by atoms with E-state index in [2.05, 4.69) is 5.32 Å². The topological polar surface area (TPSA) is 96.0 Å². The summed E-state index contributed by atoms with van der Waals surface area (Å²) in [4.78, 5) is 28.2. The number of sulfonamides is 1. The van der Waals surface area contributed by atoms with Crippen molar-refractivity contribution in [3.8, 4) is 5.75 Å². The molecule has 0 aromatic heterocycles. The molecule has 0 aliphatic carbocycles. The first-order valence-corrected chi connectivity index (χ1v) is 15.3. The molecule has 0 radical (unpaired) electrons. The maximum absolute atomic E-state index is 14.1. The zero-order valence-electron chi connectivity index (χ0n) is 23.9. The number of nitrogens with one attached hydrogen (secondary N) is 1. The van der Waals surface area contributed by atoms with E-state index in [4.69, 9.17) is 16.3 Å². The molecule has 0 fully saturated rings. The minimum atomic E-state index is -4.81. The number of methoxy groups -OCH3 is 1. The van der Waals surface area contributed by atoms with Crippen LogP contribution in [0.1, 0.15) is 37.8 Å². The molecule has 0 heterocycles. The number of rotatable bonds is 13. The largest absolute Gasteiger partial charge is 0.497 e. The Kier molecular flexibility index (Phi) is 11.5. The second-order valence-electron chi connectivity index (χ2n) is 9.57. The molecule has 0 spiro atoms. The van der Waals surface area contributed by atoms with Crippen LogP contribution in [0.5, 0.6) is 5.75 Å². The lowest BCUT2D eigenvalue weighted by atomic mass is 10.1. The van der Waals surface area contributed by atoms with Crippen LogP contribution in [0.25, 0.3) is 0 Å². The smallest absolute Gasteiger partial charge is 0.416 e. The minimum Gasteiger partial charge on any atom is -0.497 e. The Hall–Kier alpha value is -3.77. The number of carbonyl (C=O) groups excluding carboxylic acids is 2. The predicted octanol–water partition coefficient (Wildman–Crippen LogP) is 5.90. The van der Waals surface area contributed by atoms with Gasteiger partial charge in [0.25, 0.3) is 10.0 Å². The van der Waals surface area contributed by atoms with Gasteiger partial charge in [-0.05, 0) is 60.9 Å². The fourth-order valence-corrected chi connectivity index (χ4v) is 6.04. The van der Waals surface area contributed by atoms with Gasteiger partial charge in [-0.25, -0.2) is 8.42 Å². The van der Waals surface area contributed by atoms with Crippen molar-refractivity contribution in [2.24, 2.45) is 0 Å². The lowest BCUT2D eigenvalue weighted by Gasteiger charge is -2.33. The Balaban J connectivity index is 2.13. The molecule has 0 aliphatic rings. The van der Waals surface area contributed by atoms with E-state index in [9.17, 15) is 31.2 Å². The molecule has 0 unspecified atom stereocenters. The highest BCUT2D eigenvalue weighted by atomic mass is 35.5. The van der Waals surface area contributed by atoms with Gasteiger partial charge < -0.3 is 15.0 Å². The fourth-order valence-electron chi connectivity index (χ4n) is 4.33. The Morgan fingerprint density at radius 3 is 2.21 bits per heavy atom. The van der Waals surface area contributed by atoms with Crippen molar-refractivity contribution in [2.45, 2.75) is 50.3 Å². The van der Waals surface area contributed by atoms with E-state index in [1.165, 1.54) is 36.3 Å². The van der Waals surface area contributed by atoms with E-state index in [-0.39, 0.29) is 22.9 Å². The van der Waals surface area contributed by atoms with E-state index in [1.807, 2.05) is 6.92 Å². The predicted molar refractivity (Wildman–Crippen MR) is 158 cm³/mol. The molecule has 2 amide bonds. The highest BCUT2D eigenvalue weighted by Gasteiger charge is 2.37. The Morgan fingerprint density at radius 2 is 1.65 bits per heavy atom. The SMILES string of the molecule is CCCNC(=O)[C@@H](CC)N(Cc1ccc(OC)cc1)C(=O)CN(c1cc(C(F)(F)F)ccc1Cl)S(=O)(=O)c1ccccc1. The van der Waals surface area contributed by atoms with E-state index in [1.54, 1.807) is 37.3 Å². The van der Waals surface area contributed by atoms with E-state index < -0.39 is 51.9 Å². The van der Waals surface area contributed by atoms with E-state index >= 15 is 0 Å². The van der Waals surface area contributed by atoms with Crippen LogP contribution in [-0.2, 0) is 32.3 Å². The lowest BCUT2D eigenvalue weighted by molar-refractivity contribution is -0.140. The van der Waals surface area contributed by atoms with Gasteiger partial charge >= 0.3 is 6.18 Å². The number of benzene rings is 3. The summed E-state index contributed by atoms with van der Waals surface area (Å²) < 4.78 is 74.5. The molecule has 13 heteroatoms. The molecule has 1 atom stereocenters. The van der Waals surface area contributed by atoms with Gasteiger partial charge in [-0.15, -0.1) is 0 Å². The van der Waals surface area contributed by atoms with Gasteiger partial charge in [0.05, 0.1) is 28.3 Å². The van der Waals surface area contributed by atoms with Crippen LogP contribution < -0.4 is 14.4 Å². The third-order valence-corrected chi connectivity index (χ3v) is 8.69. The van der Waals surface area contributed by atoms with Crippen LogP contribution in [0, 0.1) is 0 Å². The normalized spacial score (nSPS) is 12.3. The Bertz CT molecular complexity index is 1500. The highest BCUT2D eigenvalue weighted by Crippen LogP contribution is 2.37. The number of nitrogens with zero attached hydrogens (tertiary/aromatic N) is 2. The third-order valence-electron chi connectivity index (χ3n) is 6.60. The number of ether oxygens (including phenoxy) is 1. The van der Waals surface area contributed by atoms with Crippen LogP contribution >= 0.6 is 11.6 Å². The summed E-state index contributed by atoms with van der Waals surface area (Å²) in [5.74, 6) is -0.697. The summed E-state index contributed by atoms with van der Waals surface area (Å²) in [6.45, 7) is 2.91. The molecular weight excluding hydrogens is 607 g/mol. The lowest BCUT2D eigenvalue weighted by Crippen LogP contribution is -2.52. The summed E-state index contributed by atoms with van der Waals surface area (Å²) in [6, 6.07) is 15.0. The molecule has 43 heavy (non-hydrogen) atoms. The Morgan fingerprint density at radius 1 is 1.00 bits per heavy atom. The molecule has 3 aromatic carbocycles. The average molecular weight is 640 g/mol. The molecule has 1 N–H and O–H groups in total. The first kappa shape index (κ1) is 33.7. The molecule has 3 rings (SSSR count). The van der Waals surface area contributed by atoms with Gasteiger partial charge in [0.15, 0.2) is 0 Å². The molecular formula is C30H33ClF3N3O5S. The molecule has 0 aliphatic heterocycles. The van der Waals surface area contributed by atoms with Crippen LogP contribution in [-0.4, -0.2) is 51.4 Å². The Labute approximate surface area is 254 Å². The minimum absolute atomic E-state index is 0.0869. The van der Waals surface area contributed by atoms with Gasteiger partial charge in [-0.1, -0.05) is 55.8 Å². The number of alkyl halides is 3. The molecule has 8 nitrogen and oxygen atoms in total. The number of hydrogen-bond donors (Lipinski definition) is 1. The van der Waals surface area contributed by atoms with E-state index in [0.717, 1.165) is 12.1 Å². The summed E-state index contributed by atoms with van der Waals surface area (Å²) in [5.41, 5.74) is -1.06. The van der Waals surface area contributed by atoms with Crippen molar-refractivity contribution >= 4 is 39.1 Å². The number of halogens is 4. The van der Waals surface area contributed by atoms with Crippen molar-refractivity contribution < 1.29 is 35.9 Å². The average Bonchev–Trinajstić information content (AvgIpc) is 2.99. The van der Waals surface area contributed by atoms with Gasteiger partial charge in [-0.2, -0.15) is 13.2 Å². The van der Waals surface area contributed by atoms with Gasteiger partial charge in [0.1, 0.15) is 18.3 Å². The zero-order chi connectivity index (χ0) is 31.8. The molecule has 0 saturated heterocycles. The molecule has 0 saturated carbocycles. The zero-order valence-corrected chi connectivity index (χ0v) is 25.5.